The Morgan fingerprint density at radius 1 is 1.12 bits per heavy atom. The second-order valence-corrected chi connectivity index (χ2v) is 5.85. The van der Waals surface area contributed by atoms with Gasteiger partial charge in [0.15, 0.2) is 6.61 Å². The van der Waals surface area contributed by atoms with Crippen molar-refractivity contribution >= 4 is 23.6 Å². The molecule has 0 saturated heterocycles. The largest absolute Gasteiger partial charge is 0.492 e. The summed E-state index contributed by atoms with van der Waals surface area (Å²) in [6.45, 7) is 0.867. The maximum absolute atomic E-state index is 12.1. The molecule has 2 aromatic rings. The number of benzene rings is 2. The Balaban J connectivity index is 1.77. The van der Waals surface area contributed by atoms with E-state index < -0.39 is 0 Å². The van der Waals surface area contributed by atoms with Gasteiger partial charge in [-0.3, -0.25) is 4.79 Å². The molecule has 0 unspecified atom stereocenters. The molecule has 0 aromatic heterocycles. The molecule has 6 heteroatoms. The zero-order chi connectivity index (χ0) is 18.8. The van der Waals surface area contributed by atoms with Gasteiger partial charge in [-0.2, -0.15) is 5.26 Å². The number of hydrogen-bond donors (Lipinski definition) is 0. The van der Waals surface area contributed by atoms with Crippen molar-refractivity contribution in [3.05, 3.63) is 65.2 Å². The van der Waals surface area contributed by atoms with Crippen LogP contribution in [-0.2, 0) is 4.79 Å². The molecular formula is C20H19ClN2O3. The highest BCUT2D eigenvalue weighted by Gasteiger charge is 2.05. The first-order valence-corrected chi connectivity index (χ1v) is 8.37. The smallest absolute Gasteiger partial charge is 0.246 e. The first-order chi connectivity index (χ1) is 12.6. The van der Waals surface area contributed by atoms with Gasteiger partial charge in [0.25, 0.3) is 0 Å². The third kappa shape index (κ3) is 6.50. The van der Waals surface area contributed by atoms with Crippen LogP contribution in [0.1, 0.15) is 5.56 Å². The lowest BCUT2D eigenvalue weighted by molar-refractivity contribution is -0.125. The molecule has 0 saturated carbocycles. The molecule has 0 N–H and O–H groups in total. The van der Waals surface area contributed by atoms with E-state index in [0.29, 0.717) is 29.7 Å². The summed E-state index contributed by atoms with van der Waals surface area (Å²) in [4.78, 5) is 13.7. The second kappa shape index (κ2) is 10.1. The number of carbonyl (C=O) groups is 1. The van der Waals surface area contributed by atoms with Crippen LogP contribution in [0, 0.1) is 11.3 Å². The number of amides is 1. The molecule has 0 aliphatic carbocycles. The van der Waals surface area contributed by atoms with Gasteiger partial charge in [-0.05, 0) is 48.0 Å². The first kappa shape index (κ1) is 19.4. The molecule has 26 heavy (non-hydrogen) atoms. The zero-order valence-corrected chi connectivity index (χ0v) is 15.1. The fourth-order valence-corrected chi connectivity index (χ4v) is 2.15. The number of likely N-dealkylation sites (N-methyl/N-ethyl adjacent to an activating group) is 1. The van der Waals surface area contributed by atoms with Crippen LogP contribution >= 0.6 is 11.6 Å². The van der Waals surface area contributed by atoms with Crippen molar-refractivity contribution in [1.82, 2.24) is 4.90 Å². The highest BCUT2D eigenvalue weighted by Crippen LogP contribution is 2.15. The summed E-state index contributed by atoms with van der Waals surface area (Å²) in [5.41, 5.74) is 0.869. The zero-order valence-electron chi connectivity index (χ0n) is 14.4. The first-order valence-electron chi connectivity index (χ1n) is 8.00. The van der Waals surface area contributed by atoms with E-state index in [2.05, 4.69) is 0 Å². The molecule has 134 valence electrons. The molecule has 0 aliphatic heterocycles. The molecule has 5 nitrogen and oxygen atoms in total. The van der Waals surface area contributed by atoms with Crippen molar-refractivity contribution in [1.29, 1.82) is 5.26 Å². The van der Waals surface area contributed by atoms with Crippen LogP contribution in [0.4, 0.5) is 0 Å². The van der Waals surface area contributed by atoms with E-state index >= 15 is 0 Å². The molecule has 1 amide bonds. The summed E-state index contributed by atoms with van der Waals surface area (Å²) in [6.07, 6.45) is 3.24. The average Bonchev–Trinajstić information content (AvgIpc) is 2.66. The van der Waals surface area contributed by atoms with Crippen molar-refractivity contribution in [3.8, 4) is 17.6 Å². The van der Waals surface area contributed by atoms with Crippen LogP contribution in [0.5, 0.6) is 11.5 Å². The minimum Gasteiger partial charge on any atom is -0.492 e. The number of carbonyl (C=O) groups excluding carboxylic acids is 1. The van der Waals surface area contributed by atoms with E-state index in [0.717, 1.165) is 5.56 Å². The summed E-state index contributed by atoms with van der Waals surface area (Å²) in [6, 6.07) is 16.1. The molecule has 0 aliphatic rings. The summed E-state index contributed by atoms with van der Waals surface area (Å²) in [7, 11) is 1.72. The number of rotatable bonds is 8. The van der Waals surface area contributed by atoms with Crippen molar-refractivity contribution in [2.45, 2.75) is 0 Å². The number of hydrogen-bond acceptors (Lipinski definition) is 4. The van der Waals surface area contributed by atoms with Crippen molar-refractivity contribution in [3.63, 3.8) is 0 Å². The van der Waals surface area contributed by atoms with Gasteiger partial charge in [-0.1, -0.05) is 23.7 Å². The van der Waals surface area contributed by atoms with Gasteiger partial charge in [0, 0.05) is 18.1 Å². The number of ether oxygens (including phenoxy) is 2. The lowest BCUT2D eigenvalue weighted by atomic mass is 10.2. The Morgan fingerprint density at radius 2 is 1.73 bits per heavy atom. The lowest BCUT2D eigenvalue weighted by Gasteiger charge is -2.15. The van der Waals surface area contributed by atoms with Gasteiger partial charge in [-0.15, -0.1) is 0 Å². The maximum Gasteiger partial charge on any atom is 0.246 e. The number of nitriles is 1. The maximum atomic E-state index is 12.1. The van der Waals surface area contributed by atoms with E-state index in [-0.39, 0.29) is 12.5 Å². The Labute approximate surface area is 158 Å². The Hall–Kier alpha value is -2.97. The van der Waals surface area contributed by atoms with Crippen LogP contribution in [0.25, 0.3) is 6.08 Å². The van der Waals surface area contributed by atoms with Crippen LogP contribution < -0.4 is 9.47 Å². The van der Waals surface area contributed by atoms with E-state index in [1.807, 2.05) is 18.2 Å². The quantitative estimate of drug-likeness (QED) is 0.663. The average molecular weight is 371 g/mol. The van der Waals surface area contributed by atoms with Gasteiger partial charge in [0.05, 0.1) is 6.54 Å². The summed E-state index contributed by atoms with van der Waals surface area (Å²) < 4.78 is 10.8. The molecule has 0 spiro atoms. The minimum absolute atomic E-state index is 0.0105. The monoisotopic (exact) mass is 370 g/mol. The van der Waals surface area contributed by atoms with Crippen LogP contribution in [0.15, 0.2) is 54.6 Å². The highest BCUT2D eigenvalue weighted by atomic mass is 35.5. The third-order valence-corrected chi connectivity index (χ3v) is 3.74. The van der Waals surface area contributed by atoms with Gasteiger partial charge in [-0.25, -0.2) is 0 Å². The van der Waals surface area contributed by atoms with E-state index in [4.69, 9.17) is 26.3 Å². The number of halogens is 1. The Kier molecular flexibility index (Phi) is 7.53. The van der Waals surface area contributed by atoms with E-state index in [1.54, 1.807) is 54.4 Å². The lowest BCUT2D eigenvalue weighted by Crippen LogP contribution is -2.29. The van der Waals surface area contributed by atoms with Crippen LogP contribution in [0.3, 0.4) is 0 Å². The van der Waals surface area contributed by atoms with Gasteiger partial charge in [0.1, 0.15) is 24.2 Å². The van der Waals surface area contributed by atoms with Crippen LogP contribution in [0.2, 0.25) is 5.02 Å². The summed E-state index contributed by atoms with van der Waals surface area (Å²) in [5.74, 6) is 1.21. The SMILES string of the molecule is CN(CCOc1ccc(Cl)cc1)C(=O)/C=C/c1ccc(OCC#N)cc1. The van der Waals surface area contributed by atoms with Gasteiger partial charge < -0.3 is 14.4 Å². The summed E-state index contributed by atoms with van der Waals surface area (Å²) in [5, 5.41) is 9.13. The molecule has 2 aromatic carbocycles. The number of nitrogens with zero attached hydrogens (tertiary/aromatic N) is 2. The van der Waals surface area contributed by atoms with E-state index in [9.17, 15) is 4.79 Å². The molecule has 0 heterocycles. The van der Waals surface area contributed by atoms with E-state index in [1.165, 1.54) is 6.08 Å². The second-order valence-electron chi connectivity index (χ2n) is 5.41. The molecule has 2 rings (SSSR count). The molecule has 0 fully saturated rings. The molecular weight excluding hydrogens is 352 g/mol. The topological polar surface area (TPSA) is 62.6 Å². The normalized spacial score (nSPS) is 10.3. The molecule has 0 atom stereocenters. The van der Waals surface area contributed by atoms with Crippen molar-refractivity contribution in [2.75, 3.05) is 26.8 Å². The fraction of sp³-hybridized carbons (Fsp3) is 0.200. The Bertz CT molecular complexity index is 780. The third-order valence-electron chi connectivity index (χ3n) is 3.49. The summed E-state index contributed by atoms with van der Waals surface area (Å²) >= 11 is 5.82. The van der Waals surface area contributed by atoms with Gasteiger partial charge >= 0.3 is 0 Å². The predicted molar refractivity (Wildman–Crippen MR) is 101 cm³/mol. The predicted octanol–water partition coefficient (Wildman–Crippen LogP) is 3.79. The minimum atomic E-state index is -0.116. The fourth-order valence-electron chi connectivity index (χ4n) is 2.03. The highest BCUT2D eigenvalue weighted by molar-refractivity contribution is 6.30. The molecule has 0 bridgehead atoms. The van der Waals surface area contributed by atoms with Crippen LogP contribution in [-0.4, -0.2) is 37.6 Å². The Morgan fingerprint density at radius 3 is 2.38 bits per heavy atom. The standard InChI is InChI=1S/C20H19ClN2O3/c1-23(13-15-26-19-9-5-17(21)6-10-19)20(24)11-4-16-2-7-18(8-3-16)25-14-12-22/h2-11H,13-15H2,1H3/b11-4+. The molecule has 0 radical (unpaired) electrons. The van der Waals surface area contributed by atoms with Crippen molar-refractivity contribution in [2.24, 2.45) is 0 Å². The van der Waals surface area contributed by atoms with Crippen molar-refractivity contribution < 1.29 is 14.3 Å². The van der Waals surface area contributed by atoms with Gasteiger partial charge in [0.2, 0.25) is 5.91 Å².